The van der Waals surface area contributed by atoms with Crippen LogP contribution in [0.15, 0.2) is 53.4 Å². The minimum Gasteiger partial charge on any atom is -0.369 e. The lowest BCUT2D eigenvalue weighted by Crippen LogP contribution is -2.49. The zero-order valence-electron chi connectivity index (χ0n) is 19.5. The quantitative estimate of drug-likeness (QED) is 0.546. The molecule has 1 atom stereocenters. The Kier molecular flexibility index (Phi) is 8.34. The minimum atomic E-state index is -3.49. The van der Waals surface area contributed by atoms with Crippen molar-refractivity contribution in [2.24, 2.45) is 5.92 Å². The molecule has 0 aromatic heterocycles. The number of hydrogen-bond donors (Lipinski definition) is 1. The molecule has 1 aliphatic carbocycles. The Morgan fingerprint density at radius 1 is 0.970 bits per heavy atom. The van der Waals surface area contributed by atoms with E-state index in [0.29, 0.717) is 42.1 Å². The molecule has 2 aromatic carbocycles. The summed E-state index contributed by atoms with van der Waals surface area (Å²) in [5, 5.41) is 4.28. The number of rotatable bonds is 8. The Hall–Kier alpha value is -1.60. The summed E-state index contributed by atoms with van der Waals surface area (Å²) in [6, 6.07) is 15.4. The molecular weight excluding hydrogens is 454 g/mol. The third kappa shape index (κ3) is 6.30. The molecule has 5 nitrogen and oxygen atoms in total. The van der Waals surface area contributed by atoms with Gasteiger partial charge in [0.1, 0.15) is 0 Å². The number of anilines is 1. The molecule has 1 unspecified atom stereocenters. The van der Waals surface area contributed by atoms with E-state index in [1.54, 1.807) is 28.6 Å². The van der Waals surface area contributed by atoms with E-state index in [0.717, 1.165) is 12.5 Å². The number of nitrogens with zero attached hydrogens (tertiary/aromatic N) is 2. The zero-order valence-corrected chi connectivity index (χ0v) is 21.1. The summed E-state index contributed by atoms with van der Waals surface area (Å²) in [6.07, 6.45) is 8.20. The van der Waals surface area contributed by atoms with Crippen molar-refractivity contribution >= 4 is 27.3 Å². The van der Waals surface area contributed by atoms with Crippen LogP contribution in [0, 0.1) is 5.92 Å². The molecule has 0 bridgehead atoms. The normalized spacial score (nSPS) is 19.5. The van der Waals surface area contributed by atoms with Gasteiger partial charge >= 0.3 is 0 Å². The molecular formula is C26H36ClN3O2S. The van der Waals surface area contributed by atoms with Gasteiger partial charge in [-0.1, -0.05) is 61.9 Å². The Labute approximate surface area is 204 Å². The molecule has 2 fully saturated rings. The van der Waals surface area contributed by atoms with Crippen molar-refractivity contribution in [2.75, 3.05) is 31.1 Å². The van der Waals surface area contributed by atoms with Crippen LogP contribution in [0.1, 0.15) is 51.0 Å². The van der Waals surface area contributed by atoms with Crippen LogP contribution in [0.4, 0.5) is 5.69 Å². The van der Waals surface area contributed by atoms with Crippen molar-refractivity contribution < 1.29 is 8.42 Å². The first-order chi connectivity index (χ1) is 15.9. The van der Waals surface area contributed by atoms with Gasteiger partial charge in [-0.15, -0.1) is 0 Å². The summed E-state index contributed by atoms with van der Waals surface area (Å²) in [4.78, 5) is 2.62. The number of piperazine rings is 1. The largest absolute Gasteiger partial charge is 0.369 e. The van der Waals surface area contributed by atoms with Crippen molar-refractivity contribution in [3.8, 4) is 0 Å². The lowest BCUT2D eigenvalue weighted by molar-refractivity contribution is 0.304. The van der Waals surface area contributed by atoms with E-state index in [-0.39, 0.29) is 0 Å². The zero-order chi connectivity index (χ0) is 23.3. The van der Waals surface area contributed by atoms with Gasteiger partial charge in [-0.3, -0.25) is 0 Å². The van der Waals surface area contributed by atoms with Gasteiger partial charge in [0.05, 0.1) is 4.90 Å². The van der Waals surface area contributed by atoms with Crippen molar-refractivity contribution in [3.05, 3.63) is 59.1 Å². The van der Waals surface area contributed by atoms with Gasteiger partial charge in [0, 0.05) is 49.5 Å². The molecule has 2 aromatic rings. The number of nitrogens with one attached hydrogen (secondary N) is 1. The van der Waals surface area contributed by atoms with Crippen LogP contribution in [-0.4, -0.2) is 44.9 Å². The van der Waals surface area contributed by atoms with E-state index in [9.17, 15) is 8.42 Å². The Balaban J connectivity index is 1.34. The lowest BCUT2D eigenvalue weighted by atomic mass is 9.85. The van der Waals surface area contributed by atoms with E-state index < -0.39 is 10.0 Å². The summed E-state index contributed by atoms with van der Waals surface area (Å²) in [6.45, 7) is 5.46. The standard InChI is InChI=1S/C26H36ClN3O2S/c1-21(19-22-7-3-2-4-8-22)28-20-23-9-5-6-10-26(23)29-15-17-30(18-16-29)33(31,32)25-13-11-24(27)12-14-25/h5-6,9-14,21-22,28H,2-4,7-8,15-20H2,1H3. The highest BCUT2D eigenvalue weighted by atomic mass is 35.5. The molecule has 1 saturated heterocycles. The van der Waals surface area contributed by atoms with Crippen molar-refractivity contribution in [3.63, 3.8) is 0 Å². The molecule has 1 saturated carbocycles. The fourth-order valence-electron chi connectivity index (χ4n) is 5.18. The van der Waals surface area contributed by atoms with Crippen molar-refractivity contribution in [1.29, 1.82) is 0 Å². The number of para-hydroxylation sites is 1. The molecule has 0 spiro atoms. The summed E-state index contributed by atoms with van der Waals surface area (Å²) < 4.78 is 27.6. The van der Waals surface area contributed by atoms with Gasteiger partial charge < -0.3 is 10.2 Å². The molecule has 33 heavy (non-hydrogen) atoms. The van der Waals surface area contributed by atoms with Gasteiger partial charge in [0.2, 0.25) is 10.0 Å². The first-order valence-corrected chi connectivity index (χ1v) is 14.1. The second-order valence-corrected chi connectivity index (χ2v) is 11.9. The number of hydrogen-bond acceptors (Lipinski definition) is 4. The smallest absolute Gasteiger partial charge is 0.243 e. The Morgan fingerprint density at radius 3 is 2.33 bits per heavy atom. The summed E-state index contributed by atoms with van der Waals surface area (Å²) >= 11 is 5.92. The second-order valence-electron chi connectivity index (χ2n) is 9.50. The number of benzene rings is 2. The predicted molar refractivity (Wildman–Crippen MR) is 136 cm³/mol. The summed E-state index contributed by atoms with van der Waals surface area (Å²) in [7, 11) is -3.49. The molecule has 1 N–H and O–H groups in total. The fraction of sp³-hybridized carbons (Fsp3) is 0.538. The van der Waals surface area contributed by atoms with Gasteiger partial charge in [-0.2, -0.15) is 4.31 Å². The maximum Gasteiger partial charge on any atom is 0.243 e. The van der Waals surface area contributed by atoms with E-state index in [4.69, 9.17) is 11.6 Å². The topological polar surface area (TPSA) is 52.6 Å². The Bertz CT molecular complexity index is 998. The molecule has 1 heterocycles. The van der Waals surface area contributed by atoms with Crippen molar-refractivity contribution in [2.45, 2.75) is 62.9 Å². The average molecular weight is 490 g/mol. The number of halogens is 1. The molecule has 0 radical (unpaired) electrons. The van der Waals surface area contributed by atoms with Crippen molar-refractivity contribution in [1.82, 2.24) is 9.62 Å². The van der Waals surface area contributed by atoms with Crippen LogP contribution >= 0.6 is 11.6 Å². The lowest BCUT2D eigenvalue weighted by Gasteiger charge is -2.36. The first-order valence-electron chi connectivity index (χ1n) is 12.3. The highest BCUT2D eigenvalue weighted by Crippen LogP contribution is 2.28. The highest BCUT2D eigenvalue weighted by molar-refractivity contribution is 7.89. The van der Waals surface area contributed by atoms with E-state index >= 15 is 0 Å². The maximum atomic E-state index is 13.0. The summed E-state index contributed by atoms with van der Waals surface area (Å²) in [5.74, 6) is 0.868. The SMILES string of the molecule is CC(CC1CCCCC1)NCc1ccccc1N1CCN(S(=O)(=O)c2ccc(Cl)cc2)CC1. The molecule has 7 heteroatoms. The molecule has 4 rings (SSSR count). The van der Waals surface area contributed by atoms with Gasteiger partial charge in [-0.25, -0.2) is 8.42 Å². The molecule has 1 aliphatic heterocycles. The second kappa shape index (κ2) is 11.2. The summed E-state index contributed by atoms with van der Waals surface area (Å²) in [5.41, 5.74) is 2.49. The number of sulfonamides is 1. The van der Waals surface area contributed by atoms with Crippen LogP contribution in [0.5, 0.6) is 0 Å². The van der Waals surface area contributed by atoms with Crippen LogP contribution < -0.4 is 10.2 Å². The maximum absolute atomic E-state index is 13.0. The van der Waals surface area contributed by atoms with E-state index in [1.165, 1.54) is 49.8 Å². The van der Waals surface area contributed by atoms with Crippen LogP contribution in [0.25, 0.3) is 0 Å². The minimum absolute atomic E-state index is 0.303. The first kappa shape index (κ1) is 24.5. The third-order valence-electron chi connectivity index (χ3n) is 7.07. The van der Waals surface area contributed by atoms with Gasteiger partial charge in [-0.05, 0) is 55.2 Å². The third-order valence-corrected chi connectivity index (χ3v) is 9.24. The van der Waals surface area contributed by atoms with Gasteiger partial charge in [0.15, 0.2) is 0 Å². The molecule has 0 amide bonds. The molecule has 2 aliphatic rings. The van der Waals surface area contributed by atoms with E-state index in [1.807, 2.05) is 0 Å². The highest BCUT2D eigenvalue weighted by Gasteiger charge is 2.29. The average Bonchev–Trinajstić information content (AvgIpc) is 2.84. The van der Waals surface area contributed by atoms with Crippen LogP contribution in [0.2, 0.25) is 5.02 Å². The fourth-order valence-corrected chi connectivity index (χ4v) is 6.73. The predicted octanol–water partition coefficient (Wildman–Crippen LogP) is 5.30. The molecule has 180 valence electrons. The van der Waals surface area contributed by atoms with Crippen LogP contribution in [-0.2, 0) is 16.6 Å². The van der Waals surface area contributed by atoms with Crippen LogP contribution in [0.3, 0.4) is 0 Å². The van der Waals surface area contributed by atoms with Gasteiger partial charge in [0.25, 0.3) is 0 Å². The Morgan fingerprint density at radius 2 is 1.64 bits per heavy atom. The van der Waals surface area contributed by atoms with E-state index in [2.05, 4.69) is 41.4 Å². The monoisotopic (exact) mass is 489 g/mol.